The maximum Gasteiger partial charge on any atom is 0.363 e. The van der Waals surface area contributed by atoms with E-state index in [0.29, 0.717) is 23.0 Å². The number of cyclic esters (lactones) is 1. The van der Waals surface area contributed by atoms with Crippen molar-refractivity contribution in [2.75, 3.05) is 0 Å². The largest absolute Gasteiger partial charge is 0.406 e. The van der Waals surface area contributed by atoms with Gasteiger partial charge in [-0.05, 0) is 41.8 Å². The van der Waals surface area contributed by atoms with Crippen molar-refractivity contribution in [3.05, 3.63) is 75.9 Å². The Labute approximate surface area is 133 Å². The van der Waals surface area contributed by atoms with Crippen molar-refractivity contribution in [3.8, 4) is 0 Å². The summed E-state index contributed by atoms with van der Waals surface area (Å²) in [6.07, 6.45) is 2.22. The number of esters is 1. The lowest BCUT2D eigenvalue weighted by atomic mass is 10.1. The molecule has 1 heterocycles. The van der Waals surface area contributed by atoms with Crippen LogP contribution in [0.1, 0.15) is 16.7 Å². The number of carbonyl (C=O) groups is 1. The fourth-order valence-electron chi connectivity index (χ4n) is 2.20. The highest BCUT2D eigenvalue weighted by molar-refractivity contribution is 6.30. The summed E-state index contributed by atoms with van der Waals surface area (Å²) < 4.78 is 5.23. The van der Waals surface area contributed by atoms with Gasteiger partial charge in [0.15, 0.2) is 5.70 Å². The van der Waals surface area contributed by atoms with Gasteiger partial charge in [-0.1, -0.05) is 48.0 Å². The maximum absolute atomic E-state index is 11.9. The topological polar surface area (TPSA) is 38.7 Å². The summed E-state index contributed by atoms with van der Waals surface area (Å²) in [7, 11) is 0. The Balaban J connectivity index is 1.82. The van der Waals surface area contributed by atoms with E-state index >= 15 is 0 Å². The second-order valence-electron chi connectivity index (χ2n) is 5.08. The predicted molar refractivity (Wildman–Crippen MR) is 87.8 cm³/mol. The normalized spacial score (nSPS) is 15.8. The van der Waals surface area contributed by atoms with Gasteiger partial charge in [0.05, 0.1) is 0 Å². The van der Waals surface area contributed by atoms with E-state index in [1.54, 1.807) is 18.2 Å². The Bertz CT molecular complexity index is 776. The molecular formula is C18H14ClNO2. The average molecular weight is 312 g/mol. The van der Waals surface area contributed by atoms with E-state index in [-0.39, 0.29) is 0 Å². The number of aliphatic imine (C=N–C) groups is 1. The van der Waals surface area contributed by atoms with E-state index in [0.717, 1.165) is 16.7 Å². The fraction of sp³-hybridized carbons (Fsp3) is 0.111. The molecule has 3 rings (SSSR count). The number of aryl methyl sites for hydroxylation is 1. The van der Waals surface area contributed by atoms with Crippen molar-refractivity contribution < 1.29 is 9.53 Å². The summed E-state index contributed by atoms with van der Waals surface area (Å²) in [4.78, 5) is 16.2. The van der Waals surface area contributed by atoms with Crippen molar-refractivity contribution in [3.63, 3.8) is 0 Å². The molecule has 0 spiro atoms. The molecule has 0 saturated heterocycles. The summed E-state index contributed by atoms with van der Waals surface area (Å²) in [5.41, 5.74) is 3.38. The molecular weight excluding hydrogens is 298 g/mol. The van der Waals surface area contributed by atoms with E-state index in [1.165, 1.54) is 0 Å². The van der Waals surface area contributed by atoms with Gasteiger partial charge in [0, 0.05) is 11.4 Å². The first kappa shape index (κ1) is 14.5. The van der Waals surface area contributed by atoms with Crippen LogP contribution in [0.25, 0.3) is 6.08 Å². The quantitative estimate of drug-likeness (QED) is 0.630. The number of nitrogens with zero attached hydrogens (tertiary/aromatic N) is 1. The first-order chi connectivity index (χ1) is 10.6. The zero-order valence-electron chi connectivity index (χ0n) is 12.0. The minimum Gasteiger partial charge on any atom is -0.406 e. The zero-order valence-corrected chi connectivity index (χ0v) is 12.8. The van der Waals surface area contributed by atoms with Crippen molar-refractivity contribution >= 4 is 29.5 Å². The predicted octanol–water partition coefficient (Wildman–Crippen LogP) is 4.19. The lowest BCUT2D eigenvalue weighted by molar-refractivity contribution is -0.130. The second kappa shape index (κ2) is 6.16. The maximum atomic E-state index is 11.9. The van der Waals surface area contributed by atoms with Crippen LogP contribution in [-0.2, 0) is 16.0 Å². The molecule has 0 radical (unpaired) electrons. The number of hydrogen-bond acceptors (Lipinski definition) is 3. The third-order valence-corrected chi connectivity index (χ3v) is 3.67. The number of ether oxygens (including phenoxy) is 1. The molecule has 0 unspecified atom stereocenters. The molecule has 1 aliphatic heterocycles. The Kier molecular flexibility index (Phi) is 4.07. The molecule has 110 valence electrons. The molecule has 2 aromatic rings. The average Bonchev–Trinajstić information content (AvgIpc) is 2.84. The molecule has 0 amide bonds. The highest BCUT2D eigenvalue weighted by Gasteiger charge is 2.23. The lowest BCUT2D eigenvalue weighted by Crippen LogP contribution is -2.06. The highest BCUT2D eigenvalue weighted by Crippen LogP contribution is 2.19. The van der Waals surface area contributed by atoms with Crippen LogP contribution in [0.2, 0.25) is 5.02 Å². The summed E-state index contributed by atoms with van der Waals surface area (Å²) >= 11 is 5.86. The van der Waals surface area contributed by atoms with Crippen LogP contribution in [-0.4, -0.2) is 11.9 Å². The summed E-state index contributed by atoms with van der Waals surface area (Å²) in [6, 6.07) is 15.2. The Morgan fingerprint density at radius 1 is 1.14 bits per heavy atom. The van der Waals surface area contributed by atoms with Gasteiger partial charge in [-0.3, -0.25) is 0 Å². The fourth-order valence-corrected chi connectivity index (χ4v) is 2.33. The molecule has 0 fully saturated rings. The van der Waals surface area contributed by atoms with Gasteiger partial charge in [-0.15, -0.1) is 0 Å². The van der Waals surface area contributed by atoms with Crippen LogP contribution in [0.15, 0.2) is 59.2 Å². The van der Waals surface area contributed by atoms with Crippen LogP contribution in [0.5, 0.6) is 0 Å². The van der Waals surface area contributed by atoms with E-state index in [2.05, 4.69) is 4.99 Å². The van der Waals surface area contributed by atoms with Gasteiger partial charge >= 0.3 is 5.97 Å². The van der Waals surface area contributed by atoms with Gasteiger partial charge in [-0.2, -0.15) is 0 Å². The van der Waals surface area contributed by atoms with Gasteiger partial charge < -0.3 is 4.74 Å². The van der Waals surface area contributed by atoms with Crippen molar-refractivity contribution in [2.24, 2.45) is 4.99 Å². The summed E-state index contributed by atoms with van der Waals surface area (Å²) in [6.45, 7) is 1.99. The smallest absolute Gasteiger partial charge is 0.363 e. The molecule has 0 bridgehead atoms. The highest BCUT2D eigenvalue weighted by atomic mass is 35.5. The van der Waals surface area contributed by atoms with Gasteiger partial charge in [0.25, 0.3) is 0 Å². The van der Waals surface area contributed by atoms with Gasteiger partial charge in [-0.25, -0.2) is 9.79 Å². The molecule has 22 heavy (non-hydrogen) atoms. The Morgan fingerprint density at radius 2 is 1.86 bits per heavy atom. The van der Waals surface area contributed by atoms with Crippen molar-refractivity contribution in [1.82, 2.24) is 0 Å². The minimum absolute atomic E-state index is 0.332. The number of hydrogen-bond donors (Lipinski definition) is 0. The molecule has 0 N–H and O–H groups in total. The summed E-state index contributed by atoms with van der Waals surface area (Å²) in [5.74, 6) is -0.000580. The van der Waals surface area contributed by atoms with Crippen LogP contribution in [0.3, 0.4) is 0 Å². The molecule has 4 heteroatoms. The molecule has 3 nitrogen and oxygen atoms in total. The molecule has 0 saturated carbocycles. The standard InChI is InChI=1S/C18H14ClNO2/c1-12-4-2-3-5-14(12)11-16-18(21)22-17(20-16)10-13-6-8-15(19)9-7-13/h2-9,11H,10H2,1H3/b16-11-. The monoisotopic (exact) mass is 311 g/mol. The first-order valence-corrected chi connectivity index (χ1v) is 7.31. The van der Waals surface area contributed by atoms with E-state index in [9.17, 15) is 4.79 Å². The number of carbonyl (C=O) groups excluding carboxylic acids is 1. The third kappa shape index (κ3) is 3.26. The van der Waals surface area contributed by atoms with E-state index in [4.69, 9.17) is 16.3 Å². The number of halogens is 1. The van der Waals surface area contributed by atoms with Crippen molar-refractivity contribution in [2.45, 2.75) is 13.3 Å². The third-order valence-electron chi connectivity index (χ3n) is 3.41. The SMILES string of the molecule is Cc1ccccc1/C=C1\N=C(Cc2ccc(Cl)cc2)OC1=O. The molecule has 0 aromatic heterocycles. The number of rotatable bonds is 3. The second-order valence-corrected chi connectivity index (χ2v) is 5.52. The number of benzene rings is 2. The van der Waals surface area contributed by atoms with Crippen LogP contribution in [0, 0.1) is 6.92 Å². The van der Waals surface area contributed by atoms with Gasteiger partial charge in [0.1, 0.15) is 0 Å². The van der Waals surface area contributed by atoms with Crippen molar-refractivity contribution in [1.29, 1.82) is 0 Å². The van der Waals surface area contributed by atoms with E-state index in [1.807, 2.05) is 43.3 Å². The molecule has 0 atom stereocenters. The molecule has 1 aliphatic rings. The zero-order chi connectivity index (χ0) is 15.5. The molecule has 2 aromatic carbocycles. The Morgan fingerprint density at radius 3 is 2.59 bits per heavy atom. The lowest BCUT2D eigenvalue weighted by Gasteiger charge is -2.00. The summed E-state index contributed by atoms with van der Waals surface area (Å²) in [5, 5.41) is 0.675. The van der Waals surface area contributed by atoms with E-state index < -0.39 is 5.97 Å². The minimum atomic E-state index is -0.410. The van der Waals surface area contributed by atoms with Crippen LogP contribution in [0.4, 0.5) is 0 Å². The van der Waals surface area contributed by atoms with Crippen LogP contribution >= 0.6 is 11.6 Å². The first-order valence-electron chi connectivity index (χ1n) is 6.93. The van der Waals surface area contributed by atoms with Crippen LogP contribution < -0.4 is 0 Å². The Hall–Kier alpha value is -2.39. The van der Waals surface area contributed by atoms with Gasteiger partial charge in [0.2, 0.25) is 5.90 Å². The molecule has 0 aliphatic carbocycles.